The summed E-state index contributed by atoms with van der Waals surface area (Å²) >= 11 is 0. The van der Waals surface area contributed by atoms with E-state index in [-0.39, 0.29) is 6.61 Å². The van der Waals surface area contributed by atoms with Gasteiger partial charge in [-0.2, -0.15) is 0 Å². The molecule has 0 saturated heterocycles. The molecule has 3 heteroatoms. The maximum atomic E-state index is 8.91. The van der Waals surface area contributed by atoms with Crippen molar-refractivity contribution in [2.45, 2.75) is 19.8 Å². The van der Waals surface area contributed by atoms with Gasteiger partial charge in [0.1, 0.15) is 0 Å². The topological polar surface area (TPSA) is 36.4 Å². The molecule has 0 unspecified atom stereocenters. The Bertz CT molecular complexity index is 245. The predicted molar refractivity (Wildman–Crippen MR) is 61.8 cm³/mol. The van der Waals surface area contributed by atoms with Gasteiger partial charge in [0.2, 0.25) is 0 Å². The Morgan fingerprint density at radius 3 is 2.53 bits per heavy atom. The molecule has 0 bridgehead atoms. The van der Waals surface area contributed by atoms with E-state index in [9.17, 15) is 0 Å². The Morgan fingerprint density at radius 1 is 1.20 bits per heavy atom. The first kappa shape index (κ1) is 12.1. The Balaban J connectivity index is 2.33. The van der Waals surface area contributed by atoms with E-state index >= 15 is 0 Å². The number of aliphatic hydroxyl groups is 1. The molecule has 3 nitrogen and oxygen atoms in total. The Hall–Kier alpha value is -0.930. The molecular formula is C12H20N2O. The molecule has 0 saturated carbocycles. The molecule has 0 radical (unpaired) electrons. The smallest absolute Gasteiger partial charge is 0.0558 e. The monoisotopic (exact) mass is 208 g/mol. The summed E-state index contributed by atoms with van der Waals surface area (Å²) in [4.78, 5) is 6.28. The van der Waals surface area contributed by atoms with Crippen molar-refractivity contribution in [1.82, 2.24) is 9.88 Å². The minimum absolute atomic E-state index is 0.246. The van der Waals surface area contributed by atoms with Crippen LogP contribution >= 0.6 is 0 Å². The van der Waals surface area contributed by atoms with Crippen LogP contribution in [0.25, 0.3) is 0 Å². The third-order valence-electron chi connectivity index (χ3n) is 2.42. The first-order valence-electron chi connectivity index (χ1n) is 5.59. The minimum Gasteiger partial charge on any atom is -0.395 e. The summed E-state index contributed by atoms with van der Waals surface area (Å²) in [5.74, 6) is 0. The van der Waals surface area contributed by atoms with Gasteiger partial charge in [0.15, 0.2) is 0 Å². The molecule has 1 rings (SSSR count). The van der Waals surface area contributed by atoms with Gasteiger partial charge in [0.25, 0.3) is 0 Å². The van der Waals surface area contributed by atoms with Crippen molar-refractivity contribution in [2.75, 3.05) is 26.2 Å². The maximum Gasteiger partial charge on any atom is 0.0558 e. The first-order chi connectivity index (χ1) is 7.36. The molecule has 0 aliphatic heterocycles. The van der Waals surface area contributed by atoms with E-state index in [0.29, 0.717) is 0 Å². The fraction of sp³-hybridized carbons (Fsp3) is 0.583. The molecular weight excluding hydrogens is 188 g/mol. The number of hydrogen-bond donors (Lipinski definition) is 1. The van der Waals surface area contributed by atoms with Crippen LogP contribution in [0, 0.1) is 0 Å². The van der Waals surface area contributed by atoms with Gasteiger partial charge in [-0.25, -0.2) is 0 Å². The van der Waals surface area contributed by atoms with Crippen molar-refractivity contribution in [2.24, 2.45) is 0 Å². The lowest BCUT2D eigenvalue weighted by atomic mass is 10.2. The summed E-state index contributed by atoms with van der Waals surface area (Å²) in [6, 6.07) is 4.09. The molecule has 0 fully saturated rings. The maximum absolute atomic E-state index is 8.91. The molecule has 1 N–H and O–H groups in total. The highest BCUT2D eigenvalue weighted by Crippen LogP contribution is 2.00. The molecule has 84 valence electrons. The third kappa shape index (κ3) is 4.91. The third-order valence-corrected chi connectivity index (χ3v) is 2.42. The van der Waals surface area contributed by atoms with Crippen LogP contribution in [0.15, 0.2) is 24.5 Å². The number of nitrogens with zero attached hydrogens (tertiary/aromatic N) is 2. The second kappa shape index (κ2) is 7.37. The van der Waals surface area contributed by atoms with Gasteiger partial charge in [-0.3, -0.25) is 4.98 Å². The van der Waals surface area contributed by atoms with E-state index < -0.39 is 0 Å². The molecule has 0 aromatic carbocycles. The van der Waals surface area contributed by atoms with Gasteiger partial charge in [0.05, 0.1) is 6.61 Å². The van der Waals surface area contributed by atoms with Crippen molar-refractivity contribution >= 4 is 0 Å². The fourth-order valence-electron chi connectivity index (χ4n) is 1.63. The van der Waals surface area contributed by atoms with Gasteiger partial charge < -0.3 is 10.0 Å². The predicted octanol–water partition coefficient (Wildman–Crippen LogP) is 1.33. The van der Waals surface area contributed by atoms with Gasteiger partial charge in [-0.15, -0.1) is 0 Å². The zero-order valence-electron chi connectivity index (χ0n) is 9.39. The van der Waals surface area contributed by atoms with E-state index in [1.165, 1.54) is 5.56 Å². The molecule has 0 aliphatic rings. The highest BCUT2D eigenvalue weighted by molar-refractivity contribution is 5.09. The average Bonchev–Trinajstić information content (AvgIpc) is 2.28. The zero-order chi connectivity index (χ0) is 10.9. The second-order valence-corrected chi connectivity index (χ2v) is 3.67. The Morgan fingerprint density at radius 2 is 1.93 bits per heavy atom. The minimum atomic E-state index is 0.246. The van der Waals surface area contributed by atoms with Crippen LogP contribution in [0.2, 0.25) is 0 Å². The fourth-order valence-corrected chi connectivity index (χ4v) is 1.63. The van der Waals surface area contributed by atoms with Crippen molar-refractivity contribution in [1.29, 1.82) is 0 Å². The van der Waals surface area contributed by atoms with E-state index in [2.05, 4.69) is 16.8 Å². The van der Waals surface area contributed by atoms with Crippen LogP contribution in [0.3, 0.4) is 0 Å². The summed E-state index contributed by atoms with van der Waals surface area (Å²) in [7, 11) is 0. The van der Waals surface area contributed by atoms with Crippen molar-refractivity contribution in [3.05, 3.63) is 30.1 Å². The van der Waals surface area contributed by atoms with E-state index in [1.54, 1.807) is 0 Å². The average molecular weight is 208 g/mol. The van der Waals surface area contributed by atoms with E-state index in [1.807, 2.05) is 24.5 Å². The summed E-state index contributed by atoms with van der Waals surface area (Å²) in [6.45, 7) is 5.26. The number of aliphatic hydroxyl groups excluding tert-OH is 1. The summed E-state index contributed by atoms with van der Waals surface area (Å²) < 4.78 is 0. The SMILES string of the molecule is CCCN(CCO)CCc1ccncc1. The molecule has 0 spiro atoms. The normalized spacial score (nSPS) is 10.9. The van der Waals surface area contributed by atoms with Gasteiger partial charge >= 0.3 is 0 Å². The molecule has 1 heterocycles. The summed E-state index contributed by atoms with van der Waals surface area (Å²) in [5.41, 5.74) is 1.31. The van der Waals surface area contributed by atoms with Gasteiger partial charge in [-0.1, -0.05) is 6.92 Å². The van der Waals surface area contributed by atoms with Crippen molar-refractivity contribution in [3.8, 4) is 0 Å². The molecule has 0 aliphatic carbocycles. The van der Waals surface area contributed by atoms with Crippen LogP contribution in [0.5, 0.6) is 0 Å². The standard InChI is InChI=1S/C12H20N2O/c1-2-8-14(10-11-15)9-5-12-3-6-13-7-4-12/h3-4,6-7,15H,2,5,8-11H2,1H3. The Kier molecular flexibility index (Phi) is 5.97. The number of pyridine rings is 1. The van der Waals surface area contributed by atoms with E-state index in [0.717, 1.165) is 32.5 Å². The van der Waals surface area contributed by atoms with E-state index in [4.69, 9.17) is 5.11 Å². The highest BCUT2D eigenvalue weighted by atomic mass is 16.3. The molecule has 0 atom stereocenters. The largest absolute Gasteiger partial charge is 0.395 e. The van der Waals surface area contributed by atoms with Crippen LogP contribution in [-0.4, -0.2) is 41.2 Å². The van der Waals surface area contributed by atoms with Crippen LogP contribution in [0.4, 0.5) is 0 Å². The van der Waals surface area contributed by atoms with Crippen LogP contribution in [0.1, 0.15) is 18.9 Å². The number of hydrogen-bond acceptors (Lipinski definition) is 3. The van der Waals surface area contributed by atoms with Crippen LogP contribution < -0.4 is 0 Å². The number of aromatic nitrogens is 1. The summed E-state index contributed by atoms with van der Waals surface area (Å²) in [5, 5.41) is 8.91. The van der Waals surface area contributed by atoms with Gasteiger partial charge in [0, 0.05) is 25.5 Å². The lowest BCUT2D eigenvalue weighted by Crippen LogP contribution is -2.29. The second-order valence-electron chi connectivity index (χ2n) is 3.67. The lowest BCUT2D eigenvalue weighted by molar-refractivity contribution is 0.197. The molecule has 1 aromatic rings. The van der Waals surface area contributed by atoms with Crippen LogP contribution in [-0.2, 0) is 6.42 Å². The van der Waals surface area contributed by atoms with Crippen molar-refractivity contribution < 1.29 is 5.11 Å². The zero-order valence-corrected chi connectivity index (χ0v) is 9.39. The lowest BCUT2D eigenvalue weighted by Gasteiger charge is -2.20. The van der Waals surface area contributed by atoms with Crippen molar-refractivity contribution in [3.63, 3.8) is 0 Å². The molecule has 0 amide bonds. The quantitative estimate of drug-likeness (QED) is 0.734. The molecule has 15 heavy (non-hydrogen) atoms. The summed E-state index contributed by atoms with van der Waals surface area (Å²) in [6.07, 6.45) is 5.82. The molecule has 1 aromatic heterocycles. The Labute approximate surface area is 91.8 Å². The highest BCUT2D eigenvalue weighted by Gasteiger charge is 2.02. The first-order valence-corrected chi connectivity index (χ1v) is 5.59. The number of rotatable bonds is 7. The van der Waals surface area contributed by atoms with Gasteiger partial charge in [-0.05, 0) is 37.1 Å².